The van der Waals surface area contributed by atoms with E-state index >= 15 is 0 Å². The highest BCUT2D eigenvalue weighted by Gasteiger charge is 2.25. The number of carbonyl (C=O) groups is 1. The summed E-state index contributed by atoms with van der Waals surface area (Å²) in [5.74, 6) is 1.33. The van der Waals surface area contributed by atoms with E-state index in [1.807, 2.05) is 25.1 Å². The Kier molecular flexibility index (Phi) is 4.59. The van der Waals surface area contributed by atoms with Gasteiger partial charge in [0.1, 0.15) is 11.5 Å². The van der Waals surface area contributed by atoms with E-state index in [0.29, 0.717) is 12.2 Å². The summed E-state index contributed by atoms with van der Waals surface area (Å²) >= 11 is 0. The molecule has 0 aromatic heterocycles. The molecule has 19 heavy (non-hydrogen) atoms. The molecule has 0 amide bonds. The summed E-state index contributed by atoms with van der Waals surface area (Å²) in [7, 11) is 1.65. The van der Waals surface area contributed by atoms with Gasteiger partial charge in [0.05, 0.1) is 7.11 Å². The lowest BCUT2D eigenvalue weighted by Gasteiger charge is -2.25. The third-order valence-corrected chi connectivity index (χ3v) is 4.03. The molecule has 2 N–H and O–H groups in total. The molecule has 3 nitrogen and oxygen atoms in total. The summed E-state index contributed by atoms with van der Waals surface area (Å²) in [5.41, 5.74) is 8.05. The Morgan fingerprint density at radius 2 is 2.00 bits per heavy atom. The quantitative estimate of drug-likeness (QED) is 0.906. The van der Waals surface area contributed by atoms with Gasteiger partial charge in [-0.25, -0.2) is 0 Å². The molecular weight excluding hydrogens is 238 g/mol. The number of nitrogens with two attached hydrogens (primary N) is 1. The van der Waals surface area contributed by atoms with Gasteiger partial charge < -0.3 is 10.5 Å². The van der Waals surface area contributed by atoms with Gasteiger partial charge >= 0.3 is 0 Å². The molecule has 0 bridgehead atoms. The summed E-state index contributed by atoms with van der Waals surface area (Å²) in [6.45, 7) is 2.03. The molecule has 0 saturated heterocycles. The second-order valence-corrected chi connectivity index (χ2v) is 5.57. The number of ether oxygens (including phenoxy) is 1. The normalized spacial score (nSPS) is 23.1. The fraction of sp³-hybridized carbons (Fsp3) is 0.562. The van der Waals surface area contributed by atoms with Crippen molar-refractivity contribution < 1.29 is 9.53 Å². The molecule has 1 aromatic rings. The van der Waals surface area contributed by atoms with Crippen LogP contribution in [0.5, 0.6) is 5.75 Å². The molecule has 0 heterocycles. The molecule has 1 fully saturated rings. The Bertz CT molecular complexity index is 448. The fourth-order valence-electron chi connectivity index (χ4n) is 2.82. The van der Waals surface area contributed by atoms with Crippen molar-refractivity contribution >= 4 is 5.78 Å². The van der Waals surface area contributed by atoms with Crippen LogP contribution in [0.3, 0.4) is 0 Å². The standard InChI is InChI=1S/C16H23NO2/c1-11-3-8-16(19-2)13(9-11)10-15(18)12-4-6-14(17)7-5-12/h3,8-9,12,14H,4-7,10,17H2,1-2H3. The van der Waals surface area contributed by atoms with Gasteiger partial charge in [-0.1, -0.05) is 17.7 Å². The van der Waals surface area contributed by atoms with E-state index in [-0.39, 0.29) is 12.0 Å². The molecule has 0 radical (unpaired) electrons. The predicted octanol–water partition coefficient (Wildman–Crippen LogP) is 2.63. The third kappa shape index (κ3) is 3.57. The van der Waals surface area contributed by atoms with Gasteiger partial charge in [-0.3, -0.25) is 4.79 Å². The van der Waals surface area contributed by atoms with Crippen molar-refractivity contribution in [3.63, 3.8) is 0 Å². The lowest BCUT2D eigenvalue weighted by Crippen LogP contribution is -2.30. The minimum Gasteiger partial charge on any atom is -0.496 e. The van der Waals surface area contributed by atoms with E-state index in [4.69, 9.17) is 10.5 Å². The maximum atomic E-state index is 12.4. The van der Waals surface area contributed by atoms with Crippen molar-refractivity contribution in [2.24, 2.45) is 11.7 Å². The van der Waals surface area contributed by atoms with Crippen LogP contribution in [0.4, 0.5) is 0 Å². The number of carbonyl (C=O) groups excluding carboxylic acids is 1. The van der Waals surface area contributed by atoms with Gasteiger partial charge in [-0.15, -0.1) is 0 Å². The zero-order valence-electron chi connectivity index (χ0n) is 11.8. The van der Waals surface area contributed by atoms with Crippen LogP contribution in [0.2, 0.25) is 0 Å². The molecule has 3 heteroatoms. The monoisotopic (exact) mass is 261 g/mol. The average molecular weight is 261 g/mol. The second kappa shape index (κ2) is 6.20. The molecule has 1 aromatic carbocycles. The zero-order valence-corrected chi connectivity index (χ0v) is 11.8. The number of aryl methyl sites for hydroxylation is 1. The molecule has 1 aliphatic rings. The van der Waals surface area contributed by atoms with Crippen molar-refractivity contribution in [1.29, 1.82) is 0 Å². The molecule has 0 unspecified atom stereocenters. The lowest BCUT2D eigenvalue weighted by molar-refractivity contribution is -0.123. The van der Waals surface area contributed by atoms with Crippen LogP contribution in [-0.2, 0) is 11.2 Å². The number of benzene rings is 1. The lowest BCUT2D eigenvalue weighted by atomic mass is 9.82. The van der Waals surface area contributed by atoms with Crippen molar-refractivity contribution in [3.8, 4) is 5.75 Å². The van der Waals surface area contributed by atoms with E-state index in [9.17, 15) is 4.79 Å². The van der Waals surface area contributed by atoms with E-state index in [1.165, 1.54) is 0 Å². The van der Waals surface area contributed by atoms with Crippen molar-refractivity contribution in [3.05, 3.63) is 29.3 Å². The number of methoxy groups -OCH3 is 1. The van der Waals surface area contributed by atoms with E-state index in [1.54, 1.807) is 7.11 Å². The van der Waals surface area contributed by atoms with Crippen LogP contribution in [0.15, 0.2) is 18.2 Å². The van der Waals surface area contributed by atoms with Crippen molar-refractivity contribution in [1.82, 2.24) is 0 Å². The SMILES string of the molecule is COc1ccc(C)cc1CC(=O)C1CCC(N)CC1. The second-order valence-electron chi connectivity index (χ2n) is 5.57. The van der Waals surface area contributed by atoms with E-state index in [0.717, 1.165) is 42.6 Å². The summed E-state index contributed by atoms with van der Waals surface area (Å²) in [6.07, 6.45) is 4.30. The topological polar surface area (TPSA) is 52.3 Å². The predicted molar refractivity (Wildman–Crippen MR) is 76.4 cm³/mol. The summed E-state index contributed by atoms with van der Waals surface area (Å²) in [4.78, 5) is 12.4. The van der Waals surface area contributed by atoms with Gasteiger partial charge in [0.15, 0.2) is 0 Å². The van der Waals surface area contributed by atoms with Crippen LogP contribution in [0.25, 0.3) is 0 Å². The van der Waals surface area contributed by atoms with Gasteiger partial charge in [-0.2, -0.15) is 0 Å². The Hall–Kier alpha value is -1.35. The van der Waals surface area contributed by atoms with Crippen LogP contribution < -0.4 is 10.5 Å². The number of ketones is 1. The highest BCUT2D eigenvalue weighted by atomic mass is 16.5. The van der Waals surface area contributed by atoms with Crippen LogP contribution in [0.1, 0.15) is 36.8 Å². The minimum absolute atomic E-state index is 0.185. The molecule has 104 valence electrons. The highest BCUT2D eigenvalue weighted by molar-refractivity contribution is 5.84. The molecule has 0 aliphatic heterocycles. The van der Waals surface area contributed by atoms with Gasteiger partial charge in [0.2, 0.25) is 0 Å². The number of Topliss-reactive ketones (excluding diaryl/α,β-unsaturated/α-hetero) is 1. The summed E-state index contributed by atoms with van der Waals surface area (Å²) in [5, 5.41) is 0. The zero-order chi connectivity index (χ0) is 13.8. The van der Waals surface area contributed by atoms with Crippen molar-refractivity contribution in [2.75, 3.05) is 7.11 Å². The van der Waals surface area contributed by atoms with Gasteiger partial charge in [0, 0.05) is 23.9 Å². The Labute approximate surface area is 115 Å². The Balaban J connectivity index is 2.04. The van der Waals surface area contributed by atoms with Crippen LogP contribution in [-0.4, -0.2) is 18.9 Å². The smallest absolute Gasteiger partial charge is 0.140 e. The summed E-state index contributed by atoms with van der Waals surface area (Å²) < 4.78 is 5.33. The van der Waals surface area contributed by atoms with Gasteiger partial charge in [-0.05, 0) is 38.7 Å². The first kappa shape index (κ1) is 14.1. The summed E-state index contributed by atoms with van der Waals surface area (Å²) in [6, 6.07) is 6.28. The first-order chi connectivity index (χ1) is 9.10. The minimum atomic E-state index is 0.185. The fourth-order valence-corrected chi connectivity index (χ4v) is 2.82. The van der Waals surface area contributed by atoms with Gasteiger partial charge in [0.25, 0.3) is 0 Å². The van der Waals surface area contributed by atoms with Crippen molar-refractivity contribution in [2.45, 2.75) is 45.1 Å². The molecule has 1 saturated carbocycles. The molecule has 0 spiro atoms. The Morgan fingerprint density at radius 3 is 2.63 bits per heavy atom. The maximum Gasteiger partial charge on any atom is 0.140 e. The largest absolute Gasteiger partial charge is 0.496 e. The third-order valence-electron chi connectivity index (χ3n) is 4.03. The van der Waals surface area contributed by atoms with E-state index < -0.39 is 0 Å². The maximum absolute atomic E-state index is 12.4. The average Bonchev–Trinajstić information content (AvgIpc) is 2.39. The van der Waals surface area contributed by atoms with Crippen LogP contribution >= 0.6 is 0 Å². The highest BCUT2D eigenvalue weighted by Crippen LogP contribution is 2.27. The number of rotatable bonds is 4. The van der Waals surface area contributed by atoms with Crippen LogP contribution in [0, 0.1) is 12.8 Å². The number of hydrogen-bond acceptors (Lipinski definition) is 3. The Morgan fingerprint density at radius 1 is 1.32 bits per heavy atom. The first-order valence-corrected chi connectivity index (χ1v) is 7.02. The number of hydrogen-bond donors (Lipinski definition) is 1. The first-order valence-electron chi connectivity index (χ1n) is 7.02. The molecule has 2 rings (SSSR count). The molecule has 1 aliphatic carbocycles. The molecule has 0 atom stereocenters. The molecular formula is C16H23NO2. The van der Waals surface area contributed by atoms with E-state index in [2.05, 4.69) is 0 Å².